The maximum atomic E-state index is 5.85. The van der Waals surface area contributed by atoms with Crippen molar-refractivity contribution in [2.75, 3.05) is 7.11 Å². The molecule has 2 N–H and O–H groups in total. The van der Waals surface area contributed by atoms with E-state index in [-0.39, 0.29) is 0 Å². The normalized spacial score (nSPS) is 10.4. The Morgan fingerprint density at radius 3 is 2.50 bits per heavy atom. The van der Waals surface area contributed by atoms with Crippen LogP contribution in [0.5, 0.6) is 11.6 Å². The Balaban J connectivity index is 1.75. The van der Waals surface area contributed by atoms with Crippen molar-refractivity contribution in [3.63, 3.8) is 0 Å². The van der Waals surface area contributed by atoms with Gasteiger partial charge in [0.1, 0.15) is 12.4 Å². The molecule has 0 aliphatic rings. The zero-order valence-electron chi connectivity index (χ0n) is 13.6. The number of hydrogen-bond acceptors (Lipinski definition) is 4. The Kier molecular flexibility index (Phi) is 5.08. The zero-order chi connectivity index (χ0) is 16.8. The lowest BCUT2D eigenvalue weighted by Crippen LogP contribution is -2.00. The summed E-state index contributed by atoms with van der Waals surface area (Å²) in [7, 11) is 1.65. The number of hydrogen-bond donors (Lipinski definition) is 1. The predicted octanol–water partition coefficient (Wildman–Crippen LogP) is 3.79. The highest BCUT2D eigenvalue weighted by Gasteiger charge is 2.07. The second-order valence-electron chi connectivity index (χ2n) is 5.39. The molecule has 0 aliphatic heterocycles. The summed E-state index contributed by atoms with van der Waals surface area (Å²) in [6.07, 6.45) is 1.81. The van der Waals surface area contributed by atoms with Crippen molar-refractivity contribution in [3.05, 3.63) is 78.0 Å². The molecule has 0 radical (unpaired) electrons. The number of benzene rings is 2. The van der Waals surface area contributed by atoms with Crippen LogP contribution >= 0.6 is 0 Å². The molecule has 24 heavy (non-hydrogen) atoms. The molecule has 122 valence electrons. The van der Waals surface area contributed by atoms with E-state index < -0.39 is 0 Å². The third kappa shape index (κ3) is 3.73. The molecular formula is C20H20N2O2. The summed E-state index contributed by atoms with van der Waals surface area (Å²) in [5.41, 5.74) is 10.1. The molecule has 0 bridgehead atoms. The first-order chi connectivity index (χ1) is 11.8. The molecule has 4 nitrogen and oxygen atoms in total. The van der Waals surface area contributed by atoms with Gasteiger partial charge in [0.25, 0.3) is 0 Å². The third-order valence-electron chi connectivity index (χ3n) is 3.81. The first-order valence-corrected chi connectivity index (χ1v) is 7.80. The fourth-order valence-corrected chi connectivity index (χ4v) is 2.50. The molecule has 4 heteroatoms. The number of ether oxygens (including phenoxy) is 2. The van der Waals surface area contributed by atoms with Gasteiger partial charge >= 0.3 is 0 Å². The lowest BCUT2D eigenvalue weighted by atomic mass is 10.0. The van der Waals surface area contributed by atoms with Crippen molar-refractivity contribution >= 4 is 0 Å². The largest absolute Gasteiger partial charge is 0.497 e. The van der Waals surface area contributed by atoms with Crippen molar-refractivity contribution in [2.24, 2.45) is 5.73 Å². The molecule has 1 aromatic heterocycles. The summed E-state index contributed by atoms with van der Waals surface area (Å²) < 4.78 is 11.0. The molecule has 0 atom stereocenters. The van der Waals surface area contributed by atoms with Crippen LogP contribution in [0, 0.1) is 0 Å². The summed E-state index contributed by atoms with van der Waals surface area (Å²) in [4.78, 5) is 4.39. The Morgan fingerprint density at radius 1 is 1.00 bits per heavy atom. The van der Waals surface area contributed by atoms with Crippen LogP contribution in [0.3, 0.4) is 0 Å². The van der Waals surface area contributed by atoms with Crippen LogP contribution in [0.1, 0.15) is 11.1 Å². The molecule has 0 unspecified atom stereocenters. The van der Waals surface area contributed by atoms with Gasteiger partial charge in [0.2, 0.25) is 5.88 Å². The van der Waals surface area contributed by atoms with Crippen molar-refractivity contribution in [2.45, 2.75) is 13.2 Å². The van der Waals surface area contributed by atoms with E-state index in [0.717, 1.165) is 28.0 Å². The number of nitrogens with zero attached hydrogens (tertiary/aromatic N) is 1. The third-order valence-corrected chi connectivity index (χ3v) is 3.81. The van der Waals surface area contributed by atoms with Crippen molar-refractivity contribution in [3.8, 4) is 22.8 Å². The second kappa shape index (κ2) is 7.62. The van der Waals surface area contributed by atoms with Crippen LogP contribution in [0.2, 0.25) is 0 Å². The van der Waals surface area contributed by atoms with Crippen LogP contribution in [0.15, 0.2) is 66.9 Å². The van der Waals surface area contributed by atoms with Crippen molar-refractivity contribution in [1.29, 1.82) is 0 Å². The molecule has 0 spiro atoms. The molecule has 0 saturated heterocycles. The van der Waals surface area contributed by atoms with Gasteiger partial charge in [0.05, 0.1) is 7.11 Å². The average Bonchev–Trinajstić information content (AvgIpc) is 2.67. The van der Waals surface area contributed by atoms with Gasteiger partial charge in [-0.05, 0) is 34.9 Å². The number of methoxy groups -OCH3 is 1. The quantitative estimate of drug-likeness (QED) is 0.750. The number of aromatic nitrogens is 1. The topological polar surface area (TPSA) is 57.4 Å². The Hall–Kier alpha value is -2.85. The summed E-state index contributed by atoms with van der Waals surface area (Å²) >= 11 is 0. The van der Waals surface area contributed by atoms with Crippen LogP contribution in [-0.4, -0.2) is 12.1 Å². The van der Waals surface area contributed by atoms with E-state index in [1.807, 2.05) is 60.7 Å². The molecule has 0 aliphatic carbocycles. The van der Waals surface area contributed by atoms with Gasteiger partial charge in [-0.25, -0.2) is 4.98 Å². The molecule has 0 fully saturated rings. The SMILES string of the molecule is COc1ccc(-c2ccc(OCc3ccccc3)nc2)c(CN)c1. The fraction of sp³-hybridized carbons (Fsp3) is 0.150. The van der Waals surface area contributed by atoms with Crippen LogP contribution in [-0.2, 0) is 13.2 Å². The minimum atomic E-state index is 0.443. The van der Waals surface area contributed by atoms with Crippen LogP contribution in [0.25, 0.3) is 11.1 Å². The van der Waals surface area contributed by atoms with Crippen LogP contribution < -0.4 is 15.2 Å². The van der Waals surface area contributed by atoms with Crippen molar-refractivity contribution < 1.29 is 9.47 Å². The standard InChI is InChI=1S/C20H20N2O2/c1-23-18-8-9-19(17(11-18)12-21)16-7-10-20(22-13-16)24-14-15-5-3-2-4-6-15/h2-11,13H,12,14,21H2,1H3. The highest BCUT2D eigenvalue weighted by atomic mass is 16.5. The van der Waals surface area contributed by atoms with Gasteiger partial charge in [0, 0.05) is 24.4 Å². The Morgan fingerprint density at radius 2 is 1.83 bits per heavy atom. The van der Waals surface area contributed by atoms with E-state index in [9.17, 15) is 0 Å². The molecule has 1 heterocycles. The first-order valence-electron chi connectivity index (χ1n) is 7.80. The monoisotopic (exact) mass is 320 g/mol. The molecule has 3 aromatic rings. The van der Waals surface area contributed by atoms with E-state index >= 15 is 0 Å². The Bertz CT molecular complexity index is 786. The molecule has 2 aromatic carbocycles. The van der Waals surface area contributed by atoms with E-state index in [1.54, 1.807) is 13.3 Å². The summed E-state index contributed by atoms with van der Waals surface area (Å²) in [5.74, 6) is 1.40. The lowest BCUT2D eigenvalue weighted by Gasteiger charge is -2.11. The van der Waals surface area contributed by atoms with Gasteiger partial charge in [0.15, 0.2) is 0 Å². The maximum Gasteiger partial charge on any atom is 0.213 e. The van der Waals surface area contributed by atoms with E-state index in [4.69, 9.17) is 15.2 Å². The highest BCUT2D eigenvalue weighted by Crippen LogP contribution is 2.27. The molecule has 3 rings (SSSR count). The average molecular weight is 320 g/mol. The predicted molar refractivity (Wildman–Crippen MR) is 94.9 cm³/mol. The van der Waals surface area contributed by atoms with Gasteiger partial charge in [-0.2, -0.15) is 0 Å². The minimum absolute atomic E-state index is 0.443. The second-order valence-corrected chi connectivity index (χ2v) is 5.39. The van der Waals surface area contributed by atoms with Gasteiger partial charge in [-0.1, -0.05) is 36.4 Å². The van der Waals surface area contributed by atoms with E-state index in [1.165, 1.54) is 0 Å². The zero-order valence-corrected chi connectivity index (χ0v) is 13.6. The fourth-order valence-electron chi connectivity index (χ4n) is 2.50. The summed E-state index contributed by atoms with van der Waals surface area (Å²) in [6.45, 7) is 0.947. The number of rotatable bonds is 6. The van der Waals surface area contributed by atoms with Gasteiger partial charge in [-0.3, -0.25) is 0 Å². The smallest absolute Gasteiger partial charge is 0.213 e. The molecule has 0 amide bonds. The van der Waals surface area contributed by atoms with Crippen LogP contribution in [0.4, 0.5) is 0 Å². The van der Waals surface area contributed by atoms with E-state index in [2.05, 4.69) is 4.98 Å². The van der Waals surface area contributed by atoms with Gasteiger partial charge < -0.3 is 15.2 Å². The molecular weight excluding hydrogens is 300 g/mol. The molecule has 0 saturated carbocycles. The Labute approximate surface area is 141 Å². The first kappa shape index (κ1) is 16.0. The van der Waals surface area contributed by atoms with Crippen molar-refractivity contribution in [1.82, 2.24) is 4.98 Å². The highest BCUT2D eigenvalue weighted by molar-refractivity contribution is 5.68. The summed E-state index contributed by atoms with van der Waals surface area (Å²) in [5, 5.41) is 0. The lowest BCUT2D eigenvalue weighted by molar-refractivity contribution is 0.294. The van der Waals surface area contributed by atoms with Gasteiger partial charge in [-0.15, -0.1) is 0 Å². The number of pyridine rings is 1. The summed E-state index contributed by atoms with van der Waals surface area (Å²) in [6, 6.07) is 19.8. The van der Waals surface area contributed by atoms with E-state index in [0.29, 0.717) is 19.0 Å². The minimum Gasteiger partial charge on any atom is -0.497 e. The number of nitrogens with two attached hydrogens (primary N) is 1. The maximum absolute atomic E-state index is 5.85.